The molecule has 0 amide bonds. The molecule has 0 aromatic rings. The Hall–Kier alpha value is -0.120. The van der Waals surface area contributed by atoms with Gasteiger partial charge in [-0.05, 0) is 44.9 Å². The number of ether oxygens (including phenoxy) is 2. The van der Waals surface area contributed by atoms with Crippen LogP contribution in [0.4, 0.5) is 0 Å². The summed E-state index contributed by atoms with van der Waals surface area (Å²) < 4.78 is 11.3. The van der Waals surface area contributed by atoms with E-state index >= 15 is 0 Å². The molecule has 0 N–H and O–H groups in total. The smallest absolute Gasteiger partial charge is 0.0598 e. The van der Waals surface area contributed by atoms with Gasteiger partial charge < -0.3 is 14.4 Å². The third kappa shape index (κ3) is 7.61. The first kappa shape index (κ1) is 17.9. The first-order valence-electron chi connectivity index (χ1n) is 8.12. The molecule has 1 rings (SSSR count). The summed E-state index contributed by atoms with van der Waals surface area (Å²) in [5.74, 6) is 0.873. The molecule has 0 aromatic heterocycles. The van der Waals surface area contributed by atoms with Crippen LogP contribution in [0, 0.1) is 11.3 Å². The maximum atomic E-state index is 5.66. The second-order valence-corrected chi connectivity index (χ2v) is 8.10. The number of nitrogens with zero attached hydrogens (tertiary/aromatic N) is 1. The number of rotatable bonds is 8. The summed E-state index contributed by atoms with van der Waals surface area (Å²) in [5, 5.41) is 0. The molecular formula is C17H35NO2. The third-order valence-corrected chi connectivity index (χ3v) is 3.91. The quantitative estimate of drug-likeness (QED) is 0.636. The van der Waals surface area contributed by atoms with Crippen LogP contribution in [0.3, 0.4) is 0 Å². The lowest BCUT2D eigenvalue weighted by atomic mass is 9.76. The maximum Gasteiger partial charge on any atom is 0.0598 e. The largest absolute Gasteiger partial charge is 0.381 e. The summed E-state index contributed by atoms with van der Waals surface area (Å²) in [5.41, 5.74) is 0.446. The summed E-state index contributed by atoms with van der Waals surface area (Å²) in [4.78, 5) is 2.54. The fourth-order valence-corrected chi connectivity index (χ4v) is 2.33. The maximum absolute atomic E-state index is 5.66. The van der Waals surface area contributed by atoms with Crippen LogP contribution in [0.2, 0.25) is 0 Å². The predicted octanol–water partition coefficient (Wildman–Crippen LogP) is 3.58. The van der Waals surface area contributed by atoms with Crippen molar-refractivity contribution in [1.82, 2.24) is 4.90 Å². The van der Waals surface area contributed by atoms with Gasteiger partial charge in [-0.2, -0.15) is 0 Å². The van der Waals surface area contributed by atoms with Crippen molar-refractivity contribution in [2.75, 3.05) is 39.5 Å². The van der Waals surface area contributed by atoms with Crippen molar-refractivity contribution >= 4 is 0 Å². The Bertz CT molecular complexity index is 259. The molecule has 3 nitrogen and oxygen atoms in total. The average Bonchev–Trinajstić information content (AvgIpc) is 2.20. The fourth-order valence-electron chi connectivity index (χ4n) is 2.33. The zero-order valence-electron chi connectivity index (χ0n) is 14.5. The first-order chi connectivity index (χ1) is 9.18. The van der Waals surface area contributed by atoms with Gasteiger partial charge >= 0.3 is 0 Å². The van der Waals surface area contributed by atoms with E-state index in [2.05, 4.69) is 46.4 Å². The van der Waals surface area contributed by atoms with Gasteiger partial charge in [0.05, 0.1) is 5.60 Å². The van der Waals surface area contributed by atoms with Gasteiger partial charge in [0.25, 0.3) is 0 Å². The van der Waals surface area contributed by atoms with Crippen molar-refractivity contribution in [2.24, 2.45) is 11.3 Å². The van der Waals surface area contributed by atoms with E-state index in [0.717, 1.165) is 38.6 Å². The minimum absolute atomic E-state index is 0.0267. The lowest BCUT2D eigenvalue weighted by Crippen LogP contribution is -2.52. The van der Waals surface area contributed by atoms with Crippen LogP contribution in [0.15, 0.2) is 0 Å². The normalized spacial score (nSPS) is 18.3. The Kier molecular flexibility index (Phi) is 6.96. The van der Waals surface area contributed by atoms with E-state index < -0.39 is 0 Å². The van der Waals surface area contributed by atoms with Gasteiger partial charge in [-0.15, -0.1) is 0 Å². The number of hydrogen-bond donors (Lipinski definition) is 0. The summed E-state index contributed by atoms with van der Waals surface area (Å²) in [6.07, 6.45) is 2.14. The summed E-state index contributed by atoms with van der Waals surface area (Å²) >= 11 is 0. The van der Waals surface area contributed by atoms with Gasteiger partial charge in [0, 0.05) is 39.5 Å². The van der Waals surface area contributed by atoms with Crippen LogP contribution in [0.25, 0.3) is 0 Å². The van der Waals surface area contributed by atoms with Crippen molar-refractivity contribution in [3.63, 3.8) is 0 Å². The molecule has 1 fully saturated rings. The molecule has 1 aliphatic heterocycles. The van der Waals surface area contributed by atoms with Crippen molar-refractivity contribution in [2.45, 2.75) is 60.0 Å². The number of hydrogen-bond acceptors (Lipinski definition) is 3. The molecular weight excluding hydrogens is 250 g/mol. The highest BCUT2D eigenvalue weighted by Crippen LogP contribution is 2.33. The monoisotopic (exact) mass is 285 g/mol. The van der Waals surface area contributed by atoms with E-state index in [1.165, 1.54) is 19.6 Å². The van der Waals surface area contributed by atoms with E-state index in [9.17, 15) is 0 Å². The molecule has 1 saturated heterocycles. The van der Waals surface area contributed by atoms with Crippen LogP contribution in [-0.2, 0) is 9.47 Å². The van der Waals surface area contributed by atoms with Crippen molar-refractivity contribution in [3.05, 3.63) is 0 Å². The number of likely N-dealkylation sites (tertiary alicyclic amines) is 1. The first-order valence-corrected chi connectivity index (χ1v) is 8.12. The predicted molar refractivity (Wildman–Crippen MR) is 85.1 cm³/mol. The Morgan fingerprint density at radius 3 is 2.05 bits per heavy atom. The Morgan fingerprint density at radius 2 is 1.50 bits per heavy atom. The lowest BCUT2D eigenvalue weighted by Gasteiger charge is -2.46. The Balaban J connectivity index is 1.85. The zero-order chi connectivity index (χ0) is 15.2. The molecule has 0 radical (unpaired) electrons. The fraction of sp³-hybridized carbons (Fsp3) is 1.00. The van der Waals surface area contributed by atoms with E-state index in [1.54, 1.807) is 0 Å². The van der Waals surface area contributed by atoms with E-state index in [1.807, 2.05) is 0 Å². The molecule has 0 aromatic carbocycles. The molecule has 0 saturated carbocycles. The zero-order valence-corrected chi connectivity index (χ0v) is 14.5. The molecule has 0 bridgehead atoms. The van der Waals surface area contributed by atoms with Gasteiger partial charge in [-0.1, -0.05) is 20.8 Å². The van der Waals surface area contributed by atoms with Gasteiger partial charge in [-0.25, -0.2) is 0 Å². The van der Waals surface area contributed by atoms with Gasteiger partial charge in [0.2, 0.25) is 0 Å². The molecule has 1 aliphatic rings. The molecule has 120 valence electrons. The Labute approximate surface area is 126 Å². The van der Waals surface area contributed by atoms with E-state index in [0.29, 0.717) is 5.41 Å². The van der Waals surface area contributed by atoms with Crippen LogP contribution >= 0.6 is 0 Å². The topological polar surface area (TPSA) is 21.7 Å². The SMILES string of the molecule is CC(C)(C)OCCCOCCCN1CC(C(C)(C)C)C1. The summed E-state index contributed by atoms with van der Waals surface area (Å²) in [6.45, 7) is 19.5. The summed E-state index contributed by atoms with van der Waals surface area (Å²) in [6, 6.07) is 0. The lowest BCUT2D eigenvalue weighted by molar-refractivity contribution is -0.0157. The highest BCUT2D eigenvalue weighted by molar-refractivity contribution is 4.87. The van der Waals surface area contributed by atoms with E-state index in [-0.39, 0.29) is 5.60 Å². The van der Waals surface area contributed by atoms with Crippen molar-refractivity contribution in [3.8, 4) is 0 Å². The highest BCUT2D eigenvalue weighted by Gasteiger charge is 2.34. The highest BCUT2D eigenvalue weighted by atomic mass is 16.5. The molecule has 0 aliphatic carbocycles. The molecule has 0 unspecified atom stereocenters. The average molecular weight is 285 g/mol. The minimum Gasteiger partial charge on any atom is -0.381 e. The molecule has 0 spiro atoms. The molecule has 20 heavy (non-hydrogen) atoms. The molecule has 0 atom stereocenters. The third-order valence-electron chi connectivity index (χ3n) is 3.91. The van der Waals surface area contributed by atoms with E-state index in [4.69, 9.17) is 9.47 Å². The molecule has 3 heteroatoms. The standard InChI is InChI=1S/C17H35NO2/c1-16(2,3)15-13-18(14-15)9-7-10-19-11-8-12-20-17(4,5)6/h15H,7-14H2,1-6H3. The minimum atomic E-state index is -0.0267. The van der Waals surface area contributed by atoms with Crippen LogP contribution < -0.4 is 0 Å². The van der Waals surface area contributed by atoms with Gasteiger partial charge in [0.15, 0.2) is 0 Å². The summed E-state index contributed by atoms with van der Waals surface area (Å²) in [7, 11) is 0. The van der Waals surface area contributed by atoms with Crippen LogP contribution in [0.5, 0.6) is 0 Å². The van der Waals surface area contributed by atoms with Gasteiger partial charge in [0.1, 0.15) is 0 Å². The van der Waals surface area contributed by atoms with Gasteiger partial charge in [-0.3, -0.25) is 0 Å². The van der Waals surface area contributed by atoms with Crippen molar-refractivity contribution < 1.29 is 9.47 Å². The van der Waals surface area contributed by atoms with Crippen LogP contribution in [-0.4, -0.2) is 50.0 Å². The second-order valence-electron chi connectivity index (χ2n) is 8.10. The molecule has 1 heterocycles. The second kappa shape index (κ2) is 7.77. The Morgan fingerprint density at radius 1 is 0.900 bits per heavy atom. The van der Waals surface area contributed by atoms with Crippen LogP contribution in [0.1, 0.15) is 54.4 Å². The van der Waals surface area contributed by atoms with Crippen molar-refractivity contribution in [1.29, 1.82) is 0 Å².